The highest BCUT2D eigenvalue weighted by Crippen LogP contribution is 2.37. The summed E-state index contributed by atoms with van der Waals surface area (Å²) in [6.45, 7) is 6.27. The third-order valence-corrected chi connectivity index (χ3v) is 2.93. The molecule has 1 rings (SSSR count). The maximum atomic E-state index is 10.8. The first-order valence-electron chi connectivity index (χ1n) is 5.84. The molecule has 3 heteroatoms. The van der Waals surface area contributed by atoms with Crippen molar-refractivity contribution in [2.24, 2.45) is 11.1 Å². The van der Waals surface area contributed by atoms with Gasteiger partial charge in [-0.2, -0.15) is 0 Å². The number of rotatable bonds is 4. The Balaban J connectivity index is 3.01. The summed E-state index contributed by atoms with van der Waals surface area (Å²) in [4.78, 5) is 10.8. The van der Waals surface area contributed by atoms with Gasteiger partial charge in [0.1, 0.15) is 0 Å². The summed E-state index contributed by atoms with van der Waals surface area (Å²) in [6.07, 6.45) is -0.00314. The Morgan fingerprint density at radius 1 is 1.29 bits per heavy atom. The van der Waals surface area contributed by atoms with E-state index in [4.69, 9.17) is 10.8 Å². The van der Waals surface area contributed by atoms with Gasteiger partial charge in [0.2, 0.25) is 0 Å². The second-order valence-corrected chi connectivity index (χ2v) is 5.52. The third kappa shape index (κ3) is 3.86. The minimum absolute atomic E-state index is 0.00314. The topological polar surface area (TPSA) is 63.3 Å². The summed E-state index contributed by atoms with van der Waals surface area (Å²) >= 11 is 0. The van der Waals surface area contributed by atoms with E-state index in [1.807, 2.05) is 30.3 Å². The van der Waals surface area contributed by atoms with Crippen molar-refractivity contribution in [2.75, 3.05) is 0 Å². The molecular formula is C14H21NO2. The fourth-order valence-electron chi connectivity index (χ4n) is 2.37. The van der Waals surface area contributed by atoms with E-state index in [1.165, 1.54) is 0 Å². The summed E-state index contributed by atoms with van der Waals surface area (Å²) in [7, 11) is 0. The quantitative estimate of drug-likeness (QED) is 0.843. The van der Waals surface area contributed by atoms with Crippen LogP contribution >= 0.6 is 0 Å². The molecule has 1 unspecified atom stereocenters. The smallest absolute Gasteiger partial charge is 0.304 e. The van der Waals surface area contributed by atoms with Crippen molar-refractivity contribution in [3.05, 3.63) is 35.9 Å². The van der Waals surface area contributed by atoms with Crippen LogP contribution in [0.1, 0.15) is 38.7 Å². The highest BCUT2D eigenvalue weighted by atomic mass is 16.4. The number of carboxylic acid groups (broad SMARTS) is 1. The fourth-order valence-corrected chi connectivity index (χ4v) is 2.37. The summed E-state index contributed by atoms with van der Waals surface area (Å²) in [5.74, 6) is -0.803. The van der Waals surface area contributed by atoms with Crippen LogP contribution in [0, 0.1) is 5.41 Å². The predicted molar refractivity (Wildman–Crippen MR) is 68.9 cm³/mol. The first kappa shape index (κ1) is 13.7. The molecule has 3 N–H and O–H groups in total. The number of hydrogen-bond acceptors (Lipinski definition) is 2. The number of carboxylic acids is 1. The van der Waals surface area contributed by atoms with E-state index in [1.54, 1.807) is 0 Å². The monoisotopic (exact) mass is 235 g/mol. The lowest BCUT2D eigenvalue weighted by Crippen LogP contribution is -2.38. The molecule has 0 radical (unpaired) electrons. The van der Waals surface area contributed by atoms with Crippen molar-refractivity contribution >= 4 is 5.97 Å². The average molecular weight is 235 g/mol. The first-order chi connectivity index (χ1) is 7.82. The molecule has 0 aromatic heterocycles. The molecule has 1 aromatic rings. The van der Waals surface area contributed by atoms with Gasteiger partial charge in [-0.05, 0) is 11.0 Å². The van der Waals surface area contributed by atoms with Crippen molar-refractivity contribution in [3.8, 4) is 0 Å². The van der Waals surface area contributed by atoms with Gasteiger partial charge in [0.15, 0.2) is 0 Å². The van der Waals surface area contributed by atoms with Crippen molar-refractivity contribution < 1.29 is 9.90 Å². The fraction of sp³-hybridized carbons (Fsp3) is 0.500. The van der Waals surface area contributed by atoms with Crippen LogP contribution in [0.25, 0.3) is 0 Å². The Bertz CT molecular complexity index is 368. The zero-order valence-electron chi connectivity index (χ0n) is 10.7. The molecule has 94 valence electrons. The van der Waals surface area contributed by atoms with Crippen LogP contribution in [-0.4, -0.2) is 17.1 Å². The Morgan fingerprint density at radius 3 is 2.24 bits per heavy atom. The molecular weight excluding hydrogens is 214 g/mol. The summed E-state index contributed by atoms with van der Waals surface area (Å²) < 4.78 is 0. The molecule has 0 spiro atoms. The number of aliphatic carboxylic acids is 1. The van der Waals surface area contributed by atoms with Crippen LogP contribution < -0.4 is 5.73 Å². The highest BCUT2D eigenvalue weighted by Gasteiger charge is 2.32. The Kier molecular flexibility index (Phi) is 4.29. The highest BCUT2D eigenvalue weighted by molar-refractivity contribution is 5.67. The van der Waals surface area contributed by atoms with E-state index in [-0.39, 0.29) is 23.8 Å². The van der Waals surface area contributed by atoms with Crippen molar-refractivity contribution in [1.29, 1.82) is 0 Å². The van der Waals surface area contributed by atoms with Gasteiger partial charge in [0.05, 0.1) is 6.42 Å². The molecule has 0 aliphatic carbocycles. The van der Waals surface area contributed by atoms with Crippen LogP contribution in [-0.2, 0) is 4.79 Å². The lowest BCUT2D eigenvalue weighted by Gasteiger charge is -2.35. The molecule has 0 saturated carbocycles. The molecule has 0 heterocycles. The largest absolute Gasteiger partial charge is 0.481 e. The zero-order chi connectivity index (χ0) is 13.1. The van der Waals surface area contributed by atoms with Gasteiger partial charge in [-0.25, -0.2) is 0 Å². The van der Waals surface area contributed by atoms with E-state index in [2.05, 4.69) is 20.8 Å². The van der Waals surface area contributed by atoms with Crippen LogP contribution in [0.3, 0.4) is 0 Å². The summed E-state index contributed by atoms with van der Waals surface area (Å²) in [5, 5.41) is 8.87. The molecule has 1 aromatic carbocycles. The van der Waals surface area contributed by atoms with Crippen molar-refractivity contribution in [1.82, 2.24) is 0 Å². The molecule has 3 nitrogen and oxygen atoms in total. The molecule has 0 aliphatic heterocycles. The van der Waals surface area contributed by atoms with E-state index < -0.39 is 5.97 Å². The summed E-state index contributed by atoms with van der Waals surface area (Å²) in [6, 6.07) is 9.53. The molecule has 17 heavy (non-hydrogen) atoms. The number of hydrogen-bond donors (Lipinski definition) is 2. The Labute approximate surface area is 103 Å². The lowest BCUT2D eigenvalue weighted by molar-refractivity contribution is -0.137. The molecule has 0 bridgehead atoms. The van der Waals surface area contributed by atoms with Crippen LogP contribution in [0.5, 0.6) is 0 Å². The van der Waals surface area contributed by atoms with Crippen molar-refractivity contribution in [3.63, 3.8) is 0 Å². The van der Waals surface area contributed by atoms with Crippen LogP contribution in [0.2, 0.25) is 0 Å². The SMILES string of the molecule is CC(C)(C)C(c1ccccc1)[C@@H](N)CC(=O)O. The molecule has 0 aliphatic rings. The van der Waals surface area contributed by atoms with Crippen LogP contribution in [0.15, 0.2) is 30.3 Å². The van der Waals surface area contributed by atoms with Crippen molar-refractivity contribution in [2.45, 2.75) is 39.2 Å². The molecule has 0 fully saturated rings. The van der Waals surface area contributed by atoms with Crippen LogP contribution in [0.4, 0.5) is 0 Å². The Morgan fingerprint density at radius 2 is 1.82 bits per heavy atom. The van der Waals surface area contributed by atoms with Gasteiger partial charge < -0.3 is 10.8 Å². The first-order valence-corrected chi connectivity index (χ1v) is 5.84. The minimum Gasteiger partial charge on any atom is -0.481 e. The molecule has 0 amide bonds. The minimum atomic E-state index is -0.845. The standard InChI is InChI=1S/C14H21NO2/c1-14(2,3)13(11(15)9-12(16)17)10-7-5-4-6-8-10/h4-8,11,13H,9,15H2,1-3H3,(H,16,17)/t11-,13?/m0/s1. The maximum Gasteiger partial charge on any atom is 0.304 e. The van der Waals surface area contributed by atoms with Gasteiger partial charge in [0.25, 0.3) is 0 Å². The normalized spacial score (nSPS) is 15.3. The number of nitrogens with two attached hydrogens (primary N) is 1. The maximum absolute atomic E-state index is 10.8. The van der Waals surface area contributed by atoms with Gasteiger partial charge in [-0.3, -0.25) is 4.79 Å². The van der Waals surface area contributed by atoms with E-state index in [0.717, 1.165) is 5.56 Å². The average Bonchev–Trinajstić information content (AvgIpc) is 2.15. The summed E-state index contributed by atoms with van der Waals surface area (Å²) in [5.41, 5.74) is 7.10. The molecule has 0 saturated heterocycles. The second-order valence-electron chi connectivity index (χ2n) is 5.52. The second kappa shape index (κ2) is 5.32. The lowest BCUT2D eigenvalue weighted by atomic mass is 9.72. The Hall–Kier alpha value is -1.35. The third-order valence-electron chi connectivity index (χ3n) is 2.93. The molecule has 2 atom stereocenters. The van der Waals surface area contributed by atoms with E-state index >= 15 is 0 Å². The van der Waals surface area contributed by atoms with Gasteiger partial charge in [-0.15, -0.1) is 0 Å². The van der Waals surface area contributed by atoms with Gasteiger partial charge >= 0.3 is 5.97 Å². The number of benzene rings is 1. The number of carbonyl (C=O) groups is 1. The zero-order valence-corrected chi connectivity index (χ0v) is 10.7. The van der Waals surface area contributed by atoms with E-state index in [0.29, 0.717) is 0 Å². The van der Waals surface area contributed by atoms with E-state index in [9.17, 15) is 4.79 Å². The predicted octanol–water partition coefficient (Wildman–Crippen LogP) is 2.62. The van der Waals surface area contributed by atoms with Gasteiger partial charge in [-0.1, -0.05) is 51.1 Å². The van der Waals surface area contributed by atoms with Gasteiger partial charge in [0, 0.05) is 12.0 Å².